The first-order chi connectivity index (χ1) is 9.15. The minimum Gasteiger partial charge on any atom is -0.325 e. The van der Waals surface area contributed by atoms with E-state index in [-0.39, 0.29) is 17.6 Å². The second-order valence-corrected chi connectivity index (χ2v) is 5.10. The van der Waals surface area contributed by atoms with Gasteiger partial charge in [0.05, 0.1) is 6.54 Å². The summed E-state index contributed by atoms with van der Waals surface area (Å²) in [6.07, 6.45) is 1.94. The smallest absolute Gasteiger partial charge is 0.238 e. The Bertz CT molecular complexity index is 445. The average Bonchev–Trinajstić information content (AvgIpc) is 2.40. The Morgan fingerprint density at radius 3 is 2.74 bits per heavy atom. The number of amides is 1. The van der Waals surface area contributed by atoms with Gasteiger partial charge in [-0.05, 0) is 38.4 Å². The second-order valence-electron chi connectivity index (χ2n) is 5.10. The number of anilines is 1. The van der Waals surface area contributed by atoms with Crippen molar-refractivity contribution < 1.29 is 9.59 Å². The van der Waals surface area contributed by atoms with E-state index in [0.29, 0.717) is 13.1 Å². The standard InChI is InChI=1S/C15H20N2O2/c1-12(18)13-6-5-9-17(10-13)11-15(19)16-14-7-3-2-4-8-14/h2-4,7-8,13H,5-6,9-11H2,1H3,(H,16,19). The van der Waals surface area contributed by atoms with E-state index >= 15 is 0 Å². The monoisotopic (exact) mass is 260 g/mol. The Kier molecular flexibility index (Phi) is 4.68. The molecule has 1 unspecified atom stereocenters. The molecule has 1 aromatic carbocycles. The third-order valence-electron chi connectivity index (χ3n) is 3.51. The van der Waals surface area contributed by atoms with Crippen LogP contribution in [0.25, 0.3) is 0 Å². The highest BCUT2D eigenvalue weighted by Gasteiger charge is 2.24. The van der Waals surface area contributed by atoms with Crippen LogP contribution < -0.4 is 5.32 Å². The van der Waals surface area contributed by atoms with Crippen LogP contribution >= 0.6 is 0 Å². The molecule has 1 saturated heterocycles. The van der Waals surface area contributed by atoms with Crippen molar-refractivity contribution in [3.63, 3.8) is 0 Å². The van der Waals surface area contributed by atoms with Gasteiger partial charge in [-0.25, -0.2) is 0 Å². The molecular formula is C15H20N2O2. The maximum absolute atomic E-state index is 11.9. The summed E-state index contributed by atoms with van der Waals surface area (Å²) in [7, 11) is 0. The first-order valence-electron chi connectivity index (χ1n) is 6.73. The Morgan fingerprint density at radius 1 is 1.32 bits per heavy atom. The van der Waals surface area contributed by atoms with E-state index in [1.54, 1.807) is 6.92 Å². The number of Topliss-reactive ketones (excluding diaryl/α,β-unsaturated/α-hetero) is 1. The van der Waals surface area contributed by atoms with Gasteiger partial charge in [0.15, 0.2) is 0 Å². The maximum atomic E-state index is 11.9. The van der Waals surface area contributed by atoms with Crippen LogP contribution in [0.2, 0.25) is 0 Å². The summed E-state index contributed by atoms with van der Waals surface area (Å²) in [4.78, 5) is 25.4. The van der Waals surface area contributed by atoms with E-state index in [1.165, 1.54) is 0 Å². The zero-order valence-electron chi connectivity index (χ0n) is 11.3. The van der Waals surface area contributed by atoms with Gasteiger partial charge in [0.25, 0.3) is 0 Å². The number of hydrogen-bond donors (Lipinski definition) is 1. The number of piperidine rings is 1. The van der Waals surface area contributed by atoms with Crippen molar-refractivity contribution in [2.24, 2.45) is 5.92 Å². The van der Waals surface area contributed by atoms with Crippen LogP contribution in [0.15, 0.2) is 30.3 Å². The van der Waals surface area contributed by atoms with Gasteiger partial charge in [0, 0.05) is 18.2 Å². The van der Waals surface area contributed by atoms with Crippen molar-refractivity contribution in [1.29, 1.82) is 0 Å². The number of benzene rings is 1. The maximum Gasteiger partial charge on any atom is 0.238 e. The molecule has 1 heterocycles. The first-order valence-corrected chi connectivity index (χ1v) is 6.73. The van der Waals surface area contributed by atoms with Crippen LogP contribution in [0.1, 0.15) is 19.8 Å². The van der Waals surface area contributed by atoms with Crippen LogP contribution in [0.4, 0.5) is 5.69 Å². The van der Waals surface area contributed by atoms with Crippen LogP contribution in [0.3, 0.4) is 0 Å². The summed E-state index contributed by atoms with van der Waals surface area (Å²) in [6.45, 7) is 3.60. The fourth-order valence-electron chi connectivity index (χ4n) is 2.46. The molecular weight excluding hydrogens is 240 g/mol. The van der Waals surface area contributed by atoms with Gasteiger partial charge >= 0.3 is 0 Å². The van der Waals surface area contributed by atoms with Crippen LogP contribution in [-0.2, 0) is 9.59 Å². The van der Waals surface area contributed by atoms with Gasteiger partial charge in [-0.3, -0.25) is 14.5 Å². The molecule has 0 bridgehead atoms. The first kappa shape index (κ1) is 13.7. The number of carbonyl (C=O) groups excluding carboxylic acids is 2. The minimum atomic E-state index is -0.0181. The lowest BCUT2D eigenvalue weighted by Gasteiger charge is -2.30. The molecule has 0 aliphatic carbocycles. The summed E-state index contributed by atoms with van der Waals surface area (Å²) >= 11 is 0. The minimum absolute atomic E-state index is 0.0181. The highest BCUT2D eigenvalue weighted by atomic mass is 16.2. The number of para-hydroxylation sites is 1. The van der Waals surface area contributed by atoms with E-state index in [0.717, 1.165) is 25.1 Å². The summed E-state index contributed by atoms with van der Waals surface area (Å²) in [5, 5.41) is 2.87. The number of hydrogen-bond acceptors (Lipinski definition) is 3. The van der Waals surface area contributed by atoms with Gasteiger partial charge in [-0.1, -0.05) is 18.2 Å². The fraction of sp³-hybridized carbons (Fsp3) is 0.467. The Balaban J connectivity index is 1.83. The lowest BCUT2D eigenvalue weighted by Crippen LogP contribution is -2.42. The Labute approximate surface area is 113 Å². The number of carbonyl (C=O) groups is 2. The molecule has 1 N–H and O–H groups in total. The molecule has 4 heteroatoms. The molecule has 1 amide bonds. The topological polar surface area (TPSA) is 49.4 Å². The van der Waals surface area contributed by atoms with Crippen molar-refractivity contribution in [1.82, 2.24) is 4.90 Å². The average molecular weight is 260 g/mol. The number of likely N-dealkylation sites (tertiary alicyclic amines) is 1. The molecule has 1 fully saturated rings. The Hall–Kier alpha value is -1.68. The quantitative estimate of drug-likeness (QED) is 0.900. The second kappa shape index (κ2) is 6.48. The molecule has 1 aliphatic rings. The highest BCUT2D eigenvalue weighted by molar-refractivity contribution is 5.92. The van der Waals surface area contributed by atoms with Crippen molar-refractivity contribution in [3.05, 3.63) is 30.3 Å². The third-order valence-corrected chi connectivity index (χ3v) is 3.51. The van der Waals surface area contributed by atoms with E-state index in [1.807, 2.05) is 30.3 Å². The van der Waals surface area contributed by atoms with Gasteiger partial charge in [-0.2, -0.15) is 0 Å². The van der Waals surface area contributed by atoms with Gasteiger partial charge in [-0.15, -0.1) is 0 Å². The molecule has 2 rings (SSSR count). The predicted octanol–water partition coefficient (Wildman–Crippen LogP) is 1.93. The molecule has 1 aliphatic heterocycles. The molecule has 19 heavy (non-hydrogen) atoms. The third kappa shape index (κ3) is 4.17. The number of rotatable bonds is 4. The Morgan fingerprint density at radius 2 is 2.05 bits per heavy atom. The van der Waals surface area contributed by atoms with Crippen molar-refractivity contribution in [2.75, 3.05) is 25.0 Å². The van der Waals surface area contributed by atoms with Gasteiger partial charge < -0.3 is 5.32 Å². The van der Waals surface area contributed by atoms with Crippen LogP contribution in [-0.4, -0.2) is 36.2 Å². The van der Waals surface area contributed by atoms with Crippen molar-refractivity contribution in [2.45, 2.75) is 19.8 Å². The lowest BCUT2D eigenvalue weighted by molar-refractivity contribution is -0.124. The SMILES string of the molecule is CC(=O)C1CCCN(CC(=O)Nc2ccccc2)C1. The summed E-state index contributed by atoms with van der Waals surface area (Å²) in [5.41, 5.74) is 0.813. The number of nitrogens with one attached hydrogen (secondary N) is 1. The summed E-state index contributed by atoms with van der Waals surface area (Å²) in [5.74, 6) is 0.307. The molecule has 1 aromatic rings. The van der Waals surface area contributed by atoms with Gasteiger partial charge in [0.1, 0.15) is 5.78 Å². The number of ketones is 1. The summed E-state index contributed by atoms with van der Waals surface area (Å²) in [6, 6.07) is 9.43. The highest BCUT2D eigenvalue weighted by Crippen LogP contribution is 2.17. The van der Waals surface area contributed by atoms with Crippen molar-refractivity contribution >= 4 is 17.4 Å². The van der Waals surface area contributed by atoms with Crippen LogP contribution in [0.5, 0.6) is 0 Å². The van der Waals surface area contributed by atoms with E-state index in [2.05, 4.69) is 10.2 Å². The molecule has 0 aromatic heterocycles. The molecule has 102 valence electrons. The molecule has 4 nitrogen and oxygen atoms in total. The van der Waals surface area contributed by atoms with Crippen LogP contribution in [0, 0.1) is 5.92 Å². The zero-order valence-corrected chi connectivity index (χ0v) is 11.3. The largest absolute Gasteiger partial charge is 0.325 e. The molecule has 0 spiro atoms. The molecule has 1 atom stereocenters. The lowest BCUT2D eigenvalue weighted by atomic mass is 9.95. The molecule has 0 radical (unpaired) electrons. The van der Waals surface area contributed by atoms with E-state index in [4.69, 9.17) is 0 Å². The predicted molar refractivity (Wildman–Crippen MR) is 74.9 cm³/mol. The zero-order chi connectivity index (χ0) is 13.7. The fourth-order valence-corrected chi connectivity index (χ4v) is 2.46. The summed E-state index contributed by atoms with van der Waals surface area (Å²) < 4.78 is 0. The molecule has 0 saturated carbocycles. The van der Waals surface area contributed by atoms with Gasteiger partial charge in [0.2, 0.25) is 5.91 Å². The number of nitrogens with zero attached hydrogens (tertiary/aromatic N) is 1. The van der Waals surface area contributed by atoms with E-state index < -0.39 is 0 Å². The van der Waals surface area contributed by atoms with Crippen molar-refractivity contribution in [3.8, 4) is 0 Å². The van der Waals surface area contributed by atoms with E-state index in [9.17, 15) is 9.59 Å². The normalized spacial score (nSPS) is 19.9.